The van der Waals surface area contributed by atoms with Gasteiger partial charge in [0.25, 0.3) is 5.91 Å². The number of amides is 1. The van der Waals surface area contributed by atoms with E-state index >= 15 is 0 Å². The molecular weight excluding hydrogens is 390 g/mol. The molecule has 0 radical (unpaired) electrons. The lowest BCUT2D eigenvalue weighted by molar-refractivity contribution is 0.102. The monoisotopic (exact) mass is 409 g/mol. The predicted molar refractivity (Wildman–Crippen MR) is 117 cm³/mol. The number of rotatable bonds is 5. The van der Waals surface area contributed by atoms with E-state index < -0.39 is 5.41 Å². The van der Waals surface area contributed by atoms with E-state index in [9.17, 15) is 10.1 Å². The van der Waals surface area contributed by atoms with Crippen molar-refractivity contribution in [3.8, 4) is 17.6 Å². The van der Waals surface area contributed by atoms with Crippen LogP contribution in [-0.4, -0.2) is 15.3 Å². The molecule has 7 nitrogen and oxygen atoms in total. The zero-order valence-corrected chi connectivity index (χ0v) is 16.6. The lowest BCUT2D eigenvalue weighted by atomic mass is 9.96. The minimum Gasteiger partial charge on any atom is -0.456 e. The van der Waals surface area contributed by atoms with Gasteiger partial charge < -0.3 is 20.2 Å². The molecule has 1 aliphatic rings. The highest BCUT2D eigenvalue weighted by Crippen LogP contribution is 2.47. The summed E-state index contributed by atoms with van der Waals surface area (Å²) in [6.45, 7) is 0. The normalized spacial score (nSPS) is 14.0. The van der Waals surface area contributed by atoms with Crippen LogP contribution in [0.1, 0.15) is 28.8 Å². The maximum absolute atomic E-state index is 12.8. The van der Waals surface area contributed by atoms with Gasteiger partial charge in [-0.25, -0.2) is 4.98 Å². The number of carbonyl (C=O) groups is 1. The van der Waals surface area contributed by atoms with Crippen LogP contribution >= 0.6 is 0 Å². The smallest absolute Gasteiger partial charge is 0.255 e. The van der Waals surface area contributed by atoms with Gasteiger partial charge in [0, 0.05) is 17.3 Å². The zero-order chi connectivity index (χ0) is 21.4. The second-order valence-corrected chi connectivity index (χ2v) is 7.65. The maximum Gasteiger partial charge on any atom is 0.255 e. The van der Waals surface area contributed by atoms with Gasteiger partial charge in [-0.1, -0.05) is 18.2 Å². The average molecular weight is 409 g/mol. The second kappa shape index (κ2) is 7.18. The predicted octanol–water partition coefficient (Wildman–Crippen LogP) is 4.52. The number of hydrogen-bond donors (Lipinski definition) is 2. The molecule has 1 fully saturated rings. The number of ether oxygens (including phenoxy) is 1. The number of anilines is 2. The van der Waals surface area contributed by atoms with Crippen LogP contribution in [0.4, 0.5) is 11.5 Å². The molecule has 0 saturated heterocycles. The number of nitrogens with zero attached hydrogens (tertiary/aromatic N) is 3. The number of hydrogen-bond acceptors (Lipinski definition) is 5. The number of nitrogens with one attached hydrogen (secondary N) is 1. The first-order valence-electron chi connectivity index (χ1n) is 9.90. The van der Waals surface area contributed by atoms with E-state index in [1.54, 1.807) is 47.1 Å². The minimum atomic E-state index is -0.426. The average Bonchev–Trinajstić information content (AvgIpc) is 3.49. The summed E-state index contributed by atoms with van der Waals surface area (Å²) < 4.78 is 7.72. The number of carbonyl (C=O) groups excluding carboxylic acids is 1. The van der Waals surface area contributed by atoms with E-state index in [2.05, 4.69) is 16.4 Å². The third kappa shape index (κ3) is 3.67. The first-order valence-corrected chi connectivity index (χ1v) is 9.90. The van der Waals surface area contributed by atoms with Gasteiger partial charge in [-0.05, 0) is 54.8 Å². The molecule has 5 rings (SSSR count). The molecule has 31 heavy (non-hydrogen) atoms. The van der Waals surface area contributed by atoms with Gasteiger partial charge in [0.1, 0.15) is 23.0 Å². The molecule has 2 aromatic heterocycles. The highest BCUT2D eigenvalue weighted by Gasteiger charge is 2.44. The molecule has 0 bridgehead atoms. The van der Waals surface area contributed by atoms with E-state index in [4.69, 9.17) is 10.5 Å². The fraction of sp³-hybridized carbons (Fsp3) is 0.125. The molecule has 2 aromatic carbocycles. The van der Waals surface area contributed by atoms with Gasteiger partial charge in [-0.2, -0.15) is 5.26 Å². The Hall–Kier alpha value is -4.31. The molecule has 152 valence electrons. The SMILES string of the molecule is N#CC1(c2cccc(C(=O)Nc3cccc(Oc4ccc5nc(N)cn5c4)c3)c2)CC1. The van der Waals surface area contributed by atoms with Crippen molar-refractivity contribution in [1.82, 2.24) is 9.38 Å². The van der Waals surface area contributed by atoms with Crippen molar-refractivity contribution in [2.24, 2.45) is 0 Å². The van der Waals surface area contributed by atoms with Crippen LogP contribution < -0.4 is 15.8 Å². The topological polar surface area (TPSA) is 105 Å². The molecule has 7 heteroatoms. The Kier molecular flexibility index (Phi) is 4.33. The van der Waals surface area contributed by atoms with Crippen LogP contribution in [0.2, 0.25) is 0 Å². The standard InChI is InChI=1S/C24H19N5O2/c25-15-24(9-10-24)17-4-1-3-16(11-17)23(30)27-18-5-2-6-19(12-18)31-20-7-8-22-28-21(26)14-29(22)13-20/h1-8,11-14H,9-10,26H2,(H,27,30). The zero-order valence-electron chi connectivity index (χ0n) is 16.6. The van der Waals surface area contributed by atoms with Crippen molar-refractivity contribution in [1.29, 1.82) is 5.26 Å². The lowest BCUT2D eigenvalue weighted by Gasteiger charge is -2.11. The number of fused-ring (bicyclic) bond motifs is 1. The number of imidazole rings is 1. The minimum absolute atomic E-state index is 0.233. The van der Waals surface area contributed by atoms with E-state index in [1.165, 1.54) is 0 Å². The maximum atomic E-state index is 12.8. The van der Waals surface area contributed by atoms with Crippen LogP contribution in [0.25, 0.3) is 5.65 Å². The number of nitriles is 1. The van der Waals surface area contributed by atoms with Crippen molar-refractivity contribution in [3.63, 3.8) is 0 Å². The fourth-order valence-electron chi connectivity index (χ4n) is 3.58. The number of nitrogen functional groups attached to an aromatic ring is 1. The summed E-state index contributed by atoms with van der Waals surface area (Å²) in [5.41, 5.74) is 8.06. The van der Waals surface area contributed by atoms with Crippen molar-refractivity contribution in [2.45, 2.75) is 18.3 Å². The molecule has 0 spiro atoms. The number of benzene rings is 2. The Balaban J connectivity index is 1.32. The first kappa shape index (κ1) is 18.7. The van der Waals surface area contributed by atoms with Crippen molar-refractivity contribution < 1.29 is 9.53 Å². The summed E-state index contributed by atoms with van der Waals surface area (Å²) >= 11 is 0. The molecule has 2 heterocycles. The summed E-state index contributed by atoms with van der Waals surface area (Å²) in [4.78, 5) is 17.0. The summed E-state index contributed by atoms with van der Waals surface area (Å²) in [5.74, 6) is 1.41. The molecular formula is C24H19N5O2. The largest absolute Gasteiger partial charge is 0.456 e. The second-order valence-electron chi connectivity index (χ2n) is 7.65. The summed E-state index contributed by atoms with van der Waals surface area (Å²) in [7, 11) is 0. The van der Waals surface area contributed by atoms with E-state index in [1.807, 2.05) is 30.3 Å². The molecule has 0 unspecified atom stereocenters. The highest BCUT2D eigenvalue weighted by atomic mass is 16.5. The quantitative estimate of drug-likeness (QED) is 0.504. The summed E-state index contributed by atoms with van der Waals surface area (Å²) in [6.07, 6.45) is 5.18. The lowest BCUT2D eigenvalue weighted by Crippen LogP contribution is -2.13. The van der Waals surface area contributed by atoms with Crippen LogP contribution in [0.15, 0.2) is 73.1 Å². The Morgan fingerprint density at radius 1 is 1.10 bits per heavy atom. The van der Waals surface area contributed by atoms with Crippen molar-refractivity contribution >= 4 is 23.1 Å². The van der Waals surface area contributed by atoms with Crippen LogP contribution in [-0.2, 0) is 5.41 Å². The summed E-state index contributed by atoms with van der Waals surface area (Å²) in [5, 5.41) is 12.3. The van der Waals surface area contributed by atoms with Crippen LogP contribution in [0.5, 0.6) is 11.5 Å². The van der Waals surface area contributed by atoms with Gasteiger partial charge in [-0.3, -0.25) is 4.79 Å². The van der Waals surface area contributed by atoms with Crippen molar-refractivity contribution in [2.75, 3.05) is 11.1 Å². The molecule has 0 aliphatic heterocycles. The Morgan fingerprint density at radius 2 is 1.94 bits per heavy atom. The first-order chi connectivity index (χ1) is 15.0. The third-order valence-corrected chi connectivity index (χ3v) is 5.41. The summed E-state index contributed by atoms with van der Waals surface area (Å²) in [6, 6.07) is 20.4. The van der Waals surface area contributed by atoms with Gasteiger partial charge >= 0.3 is 0 Å². The number of aromatic nitrogens is 2. The molecule has 1 saturated carbocycles. The molecule has 1 aliphatic carbocycles. The van der Waals surface area contributed by atoms with Crippen LogP contribution in [0, 0.1) is 11.3 Å². The van der Waals surface area contributed by atoms with E-state index in [0.29, 0.717) is 28.6 Å². The Labute approximate surface area is 178 Å². The van der Waals surface area contributed by atoms with Gasteiger partial charge in [0.05, 0.1) is 23.9 Å². The number of nitrogens with two attached hydrogens (primary N) is 1. The van der Waals surface area contributed by atoms with E-state index in [-0.39, 0.29) is 5.91 Å². The fourth-order valence-corrected chi connectivity index (χ4v) is 3.58. The molecule has 4 aromatic rings. The molecule has 3 N–H and O–H groups in total. The molecule has 1 amide bonds. The Bertz CT molecular complexity index is 1350. The number of pyridine rings is 1. The van der Waals surface area contributed by atoms with Crippen LogP contribution in [0.3, 0.4) is 0 Å². The molecule has 0 atom stereocenters. The van der Waals surface area contributed by atoms with Gasteiger partial charge in [0.2, 0.25) is 0 Å². The van der Waals surface area contributed by atoms with Crippen molar-refractivity contribution in [3.05, 3.63) is 84.2 Å². The highest BCUT2D eigenvalue weighted by molar-refractivity contribution is 6.04. The Morgan fingerprint density at radius 3 is 2.74 bits per heavy atom. The van der Waals surface area contributed by atoms with E-state index in [0.717, 1.165) is 24.1 Å². The van der Waals surface area contributed by atoms with Gasteiger partial charge in [-0.15, -0.1) is 0 Å². The van der Waals surface area contributed by atoms with Gasteiger partial charge in [0.15, 0.2) is 0 Å². The third-order valence-electron chi connectivity index (χ3n) is 5.41.